The number of hydrogen-bond donors (Lipinski definition) is 9. The van der Waals surface area contributed by atoms with Gasteiger partial charge in [-0.15, -0.1) is 0 Å². The van der Waals surface area contributed by atoms with Gasteiger partial charge < -0.3 is 46.0 Å². The Morgan fingerprint density at radius 2 is 0.806 bits per heavy atom. The van der Waals surface area contributed by atoms with Crippen LogP contribution in [0, 0.1) is 0 Å². The quantitative estimate of drug-likeness (QED) is 0.0206. The van der Waals surface area contributed by atoms with Crippen molar-refractivity contribution < 1.29 is 59.0 Å². The third kappa shape index (κ3) is 29.8. The Morgan fingerprint density at radius 1 is 0.500 bits per heavy atom. The van der Waals surface area contributed by atoms with Crippen molar-refractivity contribution in [2.45, 2.75) is 293 Å². The molecule has 0 spiro atoms. The van der Waals surface area contributed by atoms with Gasteiger partial charge in [0, 0.05) is 0 Å². The number of phosphoric ester groups is 1. The Bertz CT molecular complexity index is 1070. The van der Waals surface area contributed by atoms with Gasteiger partial charge in [-0.25, -0.2) is 4.57 Å². The zero-order valence-electron chi connectivity index (χ0n) is 39.3. The monoisotopic (exact) mass is 910 g/mol. The lowest BCUT2D eigenvalue weighted by Gasteiger charge is -2.41. The molecule has 62 heavy (non-hydrogen) atoms. The van der Waals surface area contributed by atoms with Crippen LogP contribution in [-0.2, 0) is 18.4 Å². The normalized spacial score (nSPS) is 22.9. The summed E-state index contributed by atoms with van der Waals surface area (Å²) in [7, 11) is -5.11. The number of carbonyl (C=O) groups is 1. The lowest BCUT2D eigenvalue weighted by molar-refractivity contribution is -0.220. The van der Waals surface area contributed by atoms with Gasteiger partial charge >= 0.3 is 7.82 Å². The number of rotatable bonds is 43. The largest absolute Gasteiger partial charge is 0.472 e. The van der Waals surface area contributed by atoms with Gasteiger partial charge in [0.1, 0.15) is 36.6 Å². The first kappa shape index (κ1) is 59.3. The molecular formula is C48H96NO12P. The summed E-state index contributed by atoms with van der Waals surface area (Å²) in [4.78, 5) is 23.5. The van der Waals surface area contributed by atoms with Crippen molar-refractivity contribution in [2.75, 3.05) is 6.61 Å². The summed E-state index contributed by atoms with van der Waals surface area (Å²) in [6.45, 7) is 3.81. The molecule has 0 saturated heterocycles. The van der Waals surface area contributed by atoms with Crippen LogP contribution in [0.4, 0.5) is 0 Å². The average Bonchev–Trinajstić information content (AvgIpc) is 3.24. The highest BCUT2D eigenvalue weighted by Crippen LogP contribution is 2.47. The fourth-order valence-corrected chi connectivity index (χ4v) is 9.51. The van der Waals surface area contributed by atoms with E-state index in [1.807, 2.05) is 0 Å². The number of aliphatic hydroxyl groups is 7. The fraction of sp³-hybridized carbons (Fsp3) is 0.979. The lowest BCUT2D eigenvalue weighted by atomic mass is 9.85. The van der Waals surface area contributed by atoms with Crippen LogP contribution in [0.15, 0.2) is 0 Å². The highest BCUT2D eigenvalue weighted by atomic mass is 31.2. The molecule has 9 N–H and O–H groups in total. The molecule has 14 heteroatoms. The Labute approximate surface area is 377 Å². The van der Waals surface area contributed by atoms with Gasteiger partial charge in [-0.1, -0.05) is 219 Å². The summed E-state index contributed by atoms with van der Waals surface area (Å²) in [5.41, 5.74) is 0. The average molecular weight is 910 g/mol. The van der Waals surface area contributed by atoms with Crippen molar-refractivity contribution in [1.82, 2.24) is 5.32 Å². The SMILES string of the molecule is CCCCCCCCCCCCCCCCCCCCC(O)CC(=O)NC(COP(=O)(O)OC1C(O)C(O)C(O)C(O)C1O)C(O)CCCCCCCCCCCCCCCC. The lowest BCUT2D eigenvalue weighted by Crippen LogP contribution is -2.64. The third-order valence-electron chi connectivity index (χ3n) is 12.7. The molecule has 1 aliphatic rings. The van der Waals surface area contributed by atoms with Crippen LogP contribution in [0.3, 0.4) is 0 Å². The molecule has 8 unspecified atom stereocenters. The topological polar surface area (TPSA) is 226 Å². The van der Waals surface area contributed by atoms with Crippen LogP contribution in [0.5, 0.6) is 0 Å². The molecule has 1 aliphatic carbocycles. The first-order valence-corrected chi connectivity index (χ1v) is 27.1. The number of unbranched alkanes of at least 4 members (excludes halogenated alkanes) is 30. The molecule has 1 fully saturated rings. The van der Waals surface area contributed by atoms with E-state index in [1.54, 1.807) is 0 Å². The van der Waals surface area contributed by atoms with Crippen LogP contribution in [0.2, 0.25) is 0 Å². The minimum atomic E-state index is -5.11. The number of carbonyl (C=O) groups excluding carboxylic acids is 1. The highest BCUT2D eigenvalue weighted by molar-refractivity contribution is 7.47. The molecule has 1 rings (SSSR count). The number of aliphatic hydroxyl groups excluding tert-OH is 7. The molecule has 0 aliphatic heterocycles. The minimum absolute atomic E-state index is 0.215. The Hall–Kier alpha value is -0.700. The van der Waals surface area contributed by atoms with E-state index in [4.69, 9.17) is 9.05 Å². The standard InChI is InChI=1S/C48H96NO12P/c1-3-5-7-9-11-13-15-17-19-20-21-22-23-25-27-29-31-33-35-39(50)37-42(52)49-40(38-60-62(58,59)61-48-46(56)44(54)43(53)45(55)47(48)57)41(51)36-34-32-30-28-26-24-18-16-14-12-10-8-6-4-2/h39-41,43-48,50-51,53-57H,3-38H2,1-2H3,(H,49,52)(H,58,59). The maximum Gasteiger partial charge on any atom is 0.472 e. The van der Waals surface area contributed by atoms with Crippen LogP contribution in [0.25, 0.3) is 0 Å². The van der Waals surface area contributed by atoms with Crippen LogP contribution in [-0.4, -0.2) is 108 Å². The summed E-state index contributed by atoms with van der Waals surface area (Å²) >= 11 is 0. The smallest absolute Gasteiger partial charge is 0.393 e. The molecule has 0 bridgehead atoms. The first-order valence-electron chi connectivity index (χ1n) is 25.6. The Kier molecular flexibility index (Phi) is 36.7. The maximum atomic E-state index is 13.0. The molecule has 0 aromatic carbocycles. The van der Waals surface area contributed by atoms with E-state index in [2.05, 4.69) is 19.2 Å². The number of phosphoric acid groups is 1. The summed E-state index contributed by atoms with van der Waals surface area (Å²) in [5, 5.41) is 74.8. The molecule has 1 saturated carbocycles. The Balaban J connectivity index is 2.44. The fourth-order valence-electron chi connectivity index (χ4n) is 8.54. The summed E-state index contributed by atoms with van der Waals surface area (Å²) in [5.74, 6) is -0.555. The van der Waals surface area contributed by atoms with E-state index < -0.39 is 75.2 Å². The summed E-state index contributed by atoms with van der Waals surface area (Å²) in [6.07, 6.45) is 25.7. The van der Waals surface area contributed by atoms with Crippen molar-refractivity contribution in [2.24, 2.45) is 0 Å². The van der Waals surface area contributed by atoms with Gasteiger partial charge in [0.15, 0.2) is 0 Å². The molecule has 1 amide bonds. The summed E-state index contributed by atoms with van der Waals surface area (Å²) < 4.78 is 23.0. The van der Waals surface area contributed by atoms with Crippen molar-refractivity contribution in [3.05, 3.63) is 0 Å². The van der Waals surface area contributed by atoms with Gasteiger partial charge in [0.05, 0.1) is 31.3 Å². The maximum absolute atomic E-state index is 13.0. The molecule has 0 radical (unpaired) electrons. The van der Waals surface area contributed by atoms with E-state index >= 15 is 0 Å². The third-order valence-corrected chi connectivity index (χ3v) is 13.7. The van der Waals surface area contributed by atoms with Crippen LogP contribution < -0.4 is 5.32 Å². The second kappa shape index (κ2) is 38.4. The minimum Gasteiger partial charge on any atom is -0.393 e. The summed E-state index contributed by atoms with van der Waals surface area (Å²) in [6, 6.07) is -1.15. The molecular weight excluding hydrogens is 813 g/mol. The number of hydrogen-bond acceptors (Lipinski definition) is 11. The zero-order chi connectivity index (χ0) is 45.9. The van der Waals surface area contributed by atoms with Gasteiger partial charge in [0.25, 0.3) is 0 Å². The molecule has 0 aromatic rings. The molecule has 370 valence electrons. The molecule has 0 heterocycles. The number of nitrogens with one attached hydrogen (secondary N) is 1. The van der Waals surface area contributed by atoms with Gasteiger partial charge in [-0.2, -0.15) is 0 Å². The zero-order valence-corrected chi connectivity index (χ0v) is 40.2. The van der Waals surface area contributed by atoms with Gasteiger partial charge in [-0.3, -0.25) is 13.8 Å². The molecule has 8 atom stereocenters. The van der Waals surface area contributed by atoms with E-state index in [0.29, 0.717) is 12.8 Å². The van der Waals surface area contributed by atoms with E-state index in [0.717, 1.165) is 51.4 Å². The molecule has 0 aromatic heterocycles. The van der Waals surface area contributed by atoms with Crippen molar-refractivity contribution >= 4 is 13.7 Å². The second-order valence-electron chi connectivity index (χ2n) is 18.6. The van der Waals surface area contributed by atoms with Crippen molar-refractivity contribution in [3.8, 4) is 0 Å². The van der Waals surface area contributed by atoms with Crippen LogP contribution in [0.1, 0.15) is 239 Å². The first-order chi connectivity index (χ1) is 29.8. The molecule has 13 nitrogen and oxygen atoms in total. The predicted octanol–water partition coefficient (Wildman–Crippen LogP) is 9.21. The Morgan fingerprint density at radius 3 is 1.16 bits per heavy atom. The predicted molar refractivity (Wildman–Crippen MR) is 248 cm³/mol. The van der Waals surface area contributed by atoms with Crippen molar-refractivity contribution in [3.63, 3.8) is 0 Å². The van der Waals surface area contributed by atoms with E-state index in [-0.39, 0.29) is 12.8 Å². The van der Waals surface area contributed by atoms with E-state index in [1.165, 1.54) is 148 Å². The van der Waals surface area contributed by atoms with Gasteiger partial charge in [-0.05, 0) is 12.8 Å². The van der Waals surface area contributed by atoms with Gasteiger partial charge in [0.2, 0.25) is 5.91 Å². The van der Waals surface area contributed by atoms with E-state index in [9.17, 15) is 50.0 Å². The number of amides is 1. The van der Waals surface area contributed by atoms with Crippen LogP contribution >= 0.6 is 7.82 Å². The van der Waals surface area contributed by atoms with Crippen molar-refractivity contribution in [1.29, 1.82) is 0 Å². The second-order valence-corrected chi connectivity index (χ2v) is 20.0. The highest BCUT2D eigenvalue weighted by Gasteiger charge is 2.51.